The Morgan fingerprint density at radius 1 is 0.455 bits per heavy atom. The van der Waals surface area contributed by atoms with Crippen molar-refractivity contribution in [3.63, 3.8) is 0 Å². The van der Waals surface area contributed by atoms with Crippen molar-refractivity contribution < 1.29 is 0 Å². The standard InChI is InChI=1S/C18H15N3.ClH/c19-13-7-1-4-10-16(13)11-5-2-9-15(21)18(11)12-6-3-8-14(20)17(10)12;/h1-9H,19-21H2;1H. The van der Waals surface area contributed by atoms with Gasteiger partial charge in [-0.15, -0.1) is 12.4 Å². The number of rotatable bonds is 0. The molecule has 0 saturated carbocycles. The largest absolute Gasteiger partial charge is 0.398 e. The lowest BCUT2D eigenvalue weighted by atomic mass is 9.92. The molecule has 4 rings (SSSR count). The van der Waals surface area contributed by atoms with Crippen molar-refractivity contribution in [3.05, 3.63) is 54.6 Å². The molecule has 0 fully saturated rings. The Kier molecular flexibility index (Phi) is 3.23. The maximum atomic E-state index is 6.23. The van der Waals surface area contributed by atoms with Gasteiger partial charge in [-0.2, -0.15) is 0 Å². The number of hydrogen-bond acceptors (Lipinski definition) is 3. The summed E-state index contributed by atoms with van der Waals surface area (Å²) in [5.74, 6) is 0. The molecule has 0 bridgehead atoms. The van der Waals surface area contributed by atoms with E-state index in [0.29, 0.717) is 0 Å². The molecule has 0 saturated heterocycles. The van der Waals surface area contributed by atoms with E-state index in [1.807, 2.05) is 36.4 Å². The molecule has 3 nitrogen and oxygen atoms in total. The number of benzene rings is 4. The van der Waals surface area contributed by atoms with E-state index in [1.165, 1.54) is 0 Å². The van der Waals surface area contributed by atoms with Crippen LogP contribution < -0.4 is 17.2 Å². The van der Waals surface area contributed by atoms with E-state index in [0.717, 1.165) is 49.4 Å². The summed E-state index contributed by atoms with van der Waals surface area (Å²) in [5, 5.41) is 6.27. The van der Waals surface area contributed by atoms with Gasteiger partial charge in [0.05, 0.1) is 0 Å². The van der Waals surface area contributed by atoms with E-state index in [4.69, 9.17) is 17.2 Å². The van der Waals surface area contributed by atoms with E-state index in [2.05, 4.69) is 18.2 Å². The summed E-state index contributed by atoms with van der Waals surface area (Å²) in [4.78, 5) is 0. The molecular formula is C18H16ClN3. The van der Waals surface area contributed by atoms with Gasteiger partial charge in [-0.1, -0.05) is 36.4 Å². The highest BCUT2D eigenvalue weighted by Gasteiger charge is 2.13. The molecular weight excluding hydrogens is 294 g/mol. The zero-order chi connectivity index (χ0) is 14.6. The molecule has 4 aromatic carbocycles. The lowest BCUT2D eigenvalue weighted by molar-refractivity contribution is 1.73. The minimum Gasteiger partial charge on any atom is -0.398 e. The van der Waals surface area contributed by atoms with Crippen LogP contribution in [0.15, 0.2) is 54.6 Å². The second-order valence-electron chi connectivity index (χ2n) is 5.31. The topological polar surface area (TPSA) is 78.1 Å². The number of fused-ring (bicyclic) bond motifs is 6. The van der Waals surface area contributed by atoms with E-state index in [1.54, 1.807) is 0 Å². The summed E-state index contributed by atoms with van der Waals surface area (Å²) in [5.41, 5.74) is 20.9. The predicted molar refractivity (Wildman–Crippen MR) is 99.4 cm³/mol. The summed E-state index contributed by atoms with van der Waals surface area (Å²) in [6.07, 6.45) is 0. The summed E-state index contributed by atoms with van der Waals surface area (Å²) < 4.78 is 0. The van der Waals surface area contributed by atoms with Gasteiger partial charge in [-0.3, -0.25) is 0 Å². The van der Waals surface area contributed by atoms with Crippen molar-refractivity contribution >= 4 is 61.8 Å². The van der Waals surface area contributed by atoms with Crippen LogP contribution in [0.3, 0.4) is 0 Å². The number of nitrogen functional groups attached to an aromatic ring is 3. The van der Waals surface area contributed by atoms with Crippen molar-refractivity contribution in [2.45, 2.75) is 0 Å². The first kappa shape index (κ1) is 14.3. The Balaban J connectivity index is 0.00000144. The monoisotopic (exact) mass is 309 g/mol. The summed E-state index contributed by atoms with van der Waals surface area (Å²) >= 11 is 0. The molecule has 110 valence electrons. The van der Waals surface area contributed by atoms with E-state index in [-0.39, 0.29) is 12.4 Å². The highest BCUT2D eigenvalue weighted by Crippen LogP contribution is 2.41. The second-order valence-corrected chi connectivity index (χ2v) is 5.31. The summed E-state index contributed by atoms with van der Waals surface area (Å²) in [7, 11) is 0. The predicted octanol–water partition coefficient (Wildman–Crippen LogP) is 4.31. The second kappa shape index (κ2) is 4.97. The fourth-order valence-electron chi connectivity index (χ4n) is 3.24. The quantitative estimate of drug-likeness (QED) is 0.334. The van der Waals surface area contributed by atoms with Gasteiger partial charge < -0.3 is 17.2 Å². The van der Waals surface area contributed by atoms with Gasteiger partial charge in [0, 0.05) is 33.2 Å². The van der Waals surface area contributed by atoms with Crippen LogP contribution in [0, 0.1) is 0 Å². The van der Waals surface area contributed by atoms with E-state index < -0.39 is 0 Å². The third-order valence-electron chi connectivity index (χ3n) is 4.10. The van der Waals surface area contributed by atoms with Gasteiger partial charge >= 0.3 is 0 Å². The molecule has 0 aliphatic carbocycles. The molecule has 0 unspecified atom stereocenters. The Morgan fingerprint density at radius 2 is 0.727 bits per heavy atom. The molecule has 0 aliphatic rings. The Bertz CT molecular complexity index is 862. The van der Waals surface area contributed by atoms with Gasteiger partial charge in [-0.05, 0) is 34.4 Å². The van der Waals surface area contributed by atoms with E-state index >= 15 is 0 Å². The van der Waals surface area contributed by atoms with Crippen molar-refractivity contribution in [1.29, 1.82) is 0 Å². The van der Waals surface area contributed by atoms with Gasteiger partial charge in [-0.25, -0.2) is 0 Å². The third-order valence-corrected chi connectivity index (χ3v) is 4.10. The van der Waals surface area contributed by atoms with Gasteiger partial charge in [0.1, 0.15) is 0 Å². The van der Waals surface area contributed by atoms with Crippen molar-refractivity contribution in [3.8, 4) is 0 Å². The minimum absolute atomic E-state index is 0. The highest BCUT2D eigenvalue weighted by molar-refractivity contribution is 6.32. The normalized spacial score (nSPS) is 10.9. The van der Waals surface area contributed by atoms with Crippen LogP contribution in [0.25, 0.3) is 32.3 Å². The average molecular weight is 310 g/mol. The Morgan fingerprint density at radius 3 is 1.00 bits per heavy atom. The molecule has 6 N–H and O–H groups in total. The van der Waals surface area contributed by atoms with Crippen LogP contribution in [-0.4, -0.2) is 0 Å². The molecule has 0 radical (unpaired) electrons. The van der Waals surface area contributed by atoms with Gasteiger partial charge in [0.15, 0.2) is 0 Å². The average Bonchev–Trinajstić information content (AvgIpc) is 2.47. The first-order chi connectivity index (χ1) is 10.2. The smallest absolute Gasteiger partial charge is 0.0400 e. The van der Waals surface area contributed by atoms with Crippen LogP contribution in [0.1, 0.15) is 0 Å². The minimum atomic E-state index is 0. The zero-order valence-electron chi connectivity index (χ0n) is 11.8. The molecule has 0 aliphatic heterocycles. The maximum Gasteiger partial charge on any atom is 0.0400 e. The molecule has 0 heterocycles. The number of halogens is 1. The fourth-order valence-corrected chi connectivity index (χ4v) is 3.24. The van der Waals surface area contributed by atoms with Crippen molar-refractivity contribution in [2.75, 3.05) is 17.2 Å². The zero-order valence-corrected chi connectivity index (χ0v) is 12.7. The molecule has 0 spiro atoms. The summed E-state index contributed by atoms with van der Waals surface area (Å²) in [6.45, 7) is 0. The fraction of sp³-hybridized carbons (Fsp3) is 0. The first-order valence-electron chi connectivity index (χ1n) is 6.85. The molecule has 0 amide bonds. The van der Waals surface area contributed by atoms with Crippen LogP contribution in [-0.2, 0) is 0 Å². The van der Waals surface area contributed by atoms with Crippen LogP contribution in [0.5, 0.6) is 0 Å². The van der Waals surface area contributed by atoms with Crippen molar-refractivity contribution in [1.82, 2.24) is 0 Å². The van der Waals surface area contributed by atoms with Crippen LogP contribution >= 0.6 is 12.4 Å². The number of hydrogen-bond donors (Lipinski definition) is 3. The SMILES string of the molecule is Cl.Nc1cccc2c1c1cccc(N)c1c1cccc(N)c21. The summed E-state index contributed by atoms with van der Waals surface area (Å²) in [6, 6.07) is 17.8. The number of nitrogens with two attached hydrogens (primary N) is 3. The van der Waals surface area contributed by atoms with Crippen LogP contribution in [0.2, 0.25) is 0 Å². The molecule has 0 aromatic heterocycles. The first-order valence-corrected chi connectivity index (χ1v) is 6.85. The Labute approximate surface area is 134 Å². The van der Waals surface area contributed by atoms with Crippen molar-refractivity contribution in [2.24, 2.45) is 0 Å². The highest BCUT2D eigenvalue weighted by atomic mass is 35.5. The lowest BCUT2D eigenvalue weighted by Crippen LogP contribution is -1.95. The molecule has 4 heteroatoms. The van der Waals surface area contributed by atoms with Crippen LogP contribution in [0.4, 0.5) is 17.1 Å². The maximum absolute atomic E-state index is 6.23. The third kappa shape index (κ3) is 1.76. The molecule has 22 heavy (non-hydrogen) atoms. The Hall–Kier alpha value is -2.65. The van der Waals surface area contributed by atoms with Gasteiger partial charge in [0.2, 0.25) is 0 Å². The molecule has 0 atom stereocenters. The lowest BCUT2D eigenvalue weighted by Gasteiger charge is -2.14. The molecule has 4 aromatic rings. The van der Waals surface area contributed by atoms with E-state index in [9.17, 15) is 0 Å². The number of anilines is 3. The van der Waals surface area contributed by atoms with Gasteiger partial charge in [0.25, 0.3) is 0 Å².